The van der Waals surface area contributed by atoms with Crippen molar-refractivity contribution in [3.63, 3.8) is 0 Å². The van der Waals surface area contributed by atoms with Gasteiger partial charge in [0.15, 0.2) is 0 Å². The van der Waals surface area contributed by atoms with Crippen LogP contribution in [0.25, 0.3) is 10.9 Å². The second-order valence-corrected chi connectivity index (χ2v) is 5.83. The fourth-order valence-corrected chi connectivity index (χ4v) is 3.31. The summed E-state index contributed by atoms with van der Waals surface area (Å²) in [5, 5.41) is 1.21. The number of ether oxygens (including phenoxy) is 1. The van der Waals surface area contributed by atoms with Gasteiger partial charge in [-0.2, -0.15) is 0 Å². The maximum Gasteiger partial charge on any atom is 0.270 e. The Morgan fingerprint density at radius 2 is 1.95 bits per heavy atom. The molecular formula is C18H24N2O2. The largest absolute Gasteiger partial charge is 0.378 e. The molecule has 0 N–H and O–H groups in total. The lowest BCUT2D eigenvalue weighted by atomic mass is 10.1. The maximum absolute atomic E-state index is 13.0. The summed E-state index contributed by atoms with van der Waals surface area (Å²) in [6, 6.07) is 6.55. The summed E-state index contributed by atoms with van der Waals surface area (Å²) in [7, 11) is 0. The van der Waals surface area contributed by atoms with Gasteiger partial charge in [-0.05, 0) is 43.5 Å². The van der Waals surface area contributed by atoms with Crippen LogP contribution in [-0.4, -0.2) is 41.7 Å². The van der Waals surface area contributed by atoms with E-state index in [-0.39, 0.29) is 5.91 Å². The number of hydrogen-bond acceptors (Lipinski definition) is 2. The lowest BCUT2D eigenvalue weighted by molar-refractivity contribution is 0.0296. The van der Waals surface area contributed by atoms with Gasteiger partial charge in [0.2, 0.25) is 0 Å². The first-order valence-corrected chi connectivity index (χ1v) is 8.16. The highest BCUT2D eigenvalue weighted by Crippen LogP contribution is 2.28. The van der Waals surface area contributed by atoms with Gasteiger partial charge in [-0.15, -0.1) is 0 Å². The number of fused-ring (bicyclic) bond motifs is 1. The molecule has 2 heterocycles. The topological polar surface area (TPSA) is 34.5 Å². The van der Waals surface area contributed by atoms with Crippen LogP contribution in [0.4, 0.5) is 0 Å². The molecule has 4 nitrogen and oxygen atoms in total. The summed E-state index contributed by atoms with van der Waals surface area (Å²) in [4.78, 5) is 14.9. The van der Waals surface area contributed by atoms with Crippen LogP contribution in [0.5, 0.6) is 0 Å². The quantitative estimate of drug-likeness (QED) is 0.873. The molecule has 1 aliphatic rings. The summed E-state index contributed by atoms with van der Waals surface area (Å²) >= 11 is 0. The van der Waals surface area contributed by atoms with Crippen LogP contribution in [0.2, 0.25) is 0 Å². The SMILES string of the molecule is CCc1ccc2c(c1)c(C)c(C(=O)N1CCOCC1)n2CC. The van der Waals surface area contributed by atoms with E-state index < -0.39 is 0 Å². The number of morpholine rings is 1. The summed E-state index contributed by atoms with van der Waals surface area (Å²) in [6.07, 6.45) is 1.01. The minimum absolute atomic E-state index is 0.136. The molecule has 1 aromatic heterocycles. The highest BCUT2D eigenvalue weighted by molar-refractivity contribution is 6.01. The van der Waals surface area contributed by atoms with Gasteiger partial charge in [-0.25, -0.2) is 0 Å². The van der Waals surface area contributed by atoms with Gasteiger partial charge >= 0.3 is 0 Å². The zero-order valence-electron chi connectivity index (χ0n) is 13.7. The maximum atomic E-state index is 13.0. The Bertz CT molecular complexity index is 697. The fraction of sp³-hybridized carbons (Fsp3) is 0.500. The predicted molar refractivity (Wildman–Crippen MR) is 88.4 cm³/mol. The second kappa shape index (κ2) is 6.13. The van der Waals surface area contributed by atoms with E-state index in [4.69, 9.17) is 4.74 Å². The molecule has 0 radical (unpaired) electrons. The Kier molecular flexibility index (Phi) is 4.21. The molecule has 1 amide bonds. The van der Waals surface area contributed by atoms with E-state index in [1.807, 2.05) is 4.90 Å². The smallest absolute Gasteiger partial charge is 0.270 e. The van der Waals surface area contributed by atoms with Gasteiger partial charge in [0.25, 0.3) is 5.91 Å². The third-order valence-electron chi connectivity index (χ3n) is 4.61. The van der Waals surface area contributed by atoms with Gasteiger partial charge < -0.3 is 14.2 Å². The monoisotopic (exact) mass is 300 g/mol. The van der Waals surface area contributed by atoms with E-state index in [1.165, 1.54) is 10.9 Å². The van der Waals surface area contributed by atoms with E-state index in [2.05, 4.69) is 43.5 Å². The molecule has 2 aromatic rings. The van der Waals surface area contributed by atoms with Gasteiger partial charge in [0.1, 0.15) is 5.69 Å². The molecule has 1 fully saturated rings. The summed E-state index contributed by atoms with van der Waals surface area (Å²) in [6.45, 7) is 9.78. The van der Waals surface area contributed by atoms with Crippen LogP contribution in [0.3, 0.4) is 0 Å². The molecule has 3 rings (SSSR count). The van der Waals surface area contributed by atoms with E-state index in [0.717, 1.165) is 29.7 Å². The van der Waals surface area contributed by atoms with Gasteiger partial charge in [0.05, 0.1) is 13.2 Å². The van der Waals surface area contributed by atoms with Crippen molar-refractivity contribution < 1.29 is 9.53 Å². The van der Waals surface area contributed by atoms with E-state index in [1.54, 1.807) is 0 Å². The first-order valence-electron chi connectivity index (χ1n) is 8.16. The fourth-order valence-electron chi connectivity index (χ4n) is 3.31. The normalized spacial score (nSPS) is 15.5. The molecule has 4 heteroatoms. The molecule has 0 saturated carbocycles. The third-order valence-corrected chi connectivity index (χ3v) is 4.61. The van der Waals surface area contributed by atoms with Gasteiger partial charge in [-0.3, -0.25) is 4.79 Å². The predicted octanol–water partition coefficient (Wildman–Crippen LogP) is 3.00. The lowest BCUT2D eigenvalue weighted by Crippen LogP contribution is -2.41. The number of aryl methyl sites for hydroxylation is 3. The number of nitrogens with zero attached hydrogens (tertiary/aromatic N) is 2. The molecular weight excluding hydrogens is 276 g/mol. The van der Waals surface area contributed by atoms with Crippen LogP contribution < -0.4 is 0 Å². The Balaban J connectivity index is 2.11. The summed E-state index contributed by atoms with van der Waals surface area (Å²) in [5.74, 6) is 0.136. The first-order chi connectivity index (χ1) is 10.7. The van der Waals surface area contributed by atoms with Crippen molar-refractivity contribution in [3.05, 3.63) is 35.0 Å². The average Bonchev–Trinajstić information content (AvgIpc) is 2.86. The number of rotatable bonds is 3. The molecule has 22 heavy (non-hydrogen) atoms. The van der Waals surface area contributed by atoms with E-state index >= 15 is 0 Å². The zero-order valence-corrected chi connectivity index (χ0v) is 13.7. The number of benzene rings is 1. The van der Waals surface area contributed by atoms with Gasteiger partial charge in [-0.1, -0.05) is 13.0 Å². The first kappa shape index (κ1) is 15.1. The van der Waals surface area contributed by atoms with Crippen LogP contribution in [0.15, 0.2) is 18.2 Å². The molecule has 0 aliphatic carbocycles. The number of carbonyl (C=O) groups excluding carboxylic acids is 1. The van der Waals surface area contributed by atoms with Crippen LogP contribution in [0, 0.1) is 6.92 Å². The highest BCUT2D eigenvalue weighted by atomic mass is 16.5. The van der Waals surface area contributed by atoms with Crippen molar-refractivity contribution in [3.8, 4) is 0 Å². The van der Waals surface area contributed by atoms with Gasteiger partial charge in [0, 0.05) is 30.5 Å². The summed E-state index contributed by atoms with van der Waals surface area (Å²) in [5.41, 5.74) is 4.42. The number of carbonyl (C=O) groups is 1. The molecule has 1 aromatic carbocycles. The van der Waals surface area contributed by atoms with Crippen molar-refractivity contribution >= 4 is 16.8 Å². The lowest BCUT2D eigenvalue weighted by Gasteiger charge is -2.27. The Morgan fingerprint density at radius 1 is 1.23 bits per heavy atom. The molecule has 0 atom stereocenters. The second-order valence-electron chi connectivity index (χ2n) is 5.83. The molecule has 0 unspecified atom stereocenters. The van der Waals surface area contributed by atoms with Crippen LogP contribution in [0.1, 0.15) is 35.5 Å². The minimum atomic E-state index is 0.136. The van der Waals surface area contributed by atoms with Crippen molar-refractivity contribution in [1.29, 1.82) is 0 Å². The van der Waals surface area contributed by atoms with Crippen molar-refractivity contribution in [2.45, 2.75) is 33.7 Å². The average molecular weight is 300 g/mol. The van der Waals surface area contributed by atoms with E-state index in [0.29, 0.717) is 26.3 Å². The molecule has 0 bridgehead atoms. The van der Waals surface area contributed by atoms with E-state index in [9.17, 15) is 4.79 Å². The van der Waals surface area contributed by atoms with Crippen LogP contribution >= 0.6 is 0 Å². The summed E-state index contributed by atoms with van der Waals surface area (Å²) < 4.78 is 7.52. The molecule has 118 valence electrons. The zero-order chi connectivity index (χ0) is 15.7. The van der Waals surface area contributed by atoms with Crippen LogP contribution in [-0.2, 0) is 17.7 Å². The Labute approximate surface area is 131 Å². The third kappa shape index (κ3) is 2.41. The highest BCUT2D eigenvalue weighted by Gasteiger charge is 2.25. The Hall–Kier alpha value is -1.81. The minimum Gasteiger partial charge on any atom is -0.378 e. The molecule has 0 spiro atoms. The van der Waals surface area contributed by atoms with Crippen molar-refractivity contribution in [1.82, 2.24) is 9.47 Å². The number of amides is 1. The standard InChI is InChI=1S/C18H24N2O2/c1-4-14-6-7-16-15(12-14)13(3)17(20(16)5-2)18(21)19-8-10-22-11-9-19/h6-7,12H,4-5,8-11H2,1-3H3. The van der Waals surface area contributed by atoms with Crippen molar-refractivity contribution in [2.24, 2.45) is 0 Å². The number of aromatic nitrogens is 1. The van der Waals surface area contributed by atoms with Crippen molar-refractivity contribution in [2.75, 3.05) is 26.3 Å². The Morgan fingerprint density at radius 3 is 2.59 bits per heavy atom. The molecule has 1 saturated heterocycles. The number of hydrogen-bond donors (Lipinski definition) is 0. The molecule has 1 aliphatic heterocycles.